The fourth-order valence-corrected chi connectivity index (χ4v) is 2.99. The Morgan fingerprint density at radius 1 is 1.24 bits per heavy atom. The summed E-state index contributed by atoms with van der Waals surface area (Å²) >= 11 is 3.65. The third kappa shape index (κ3) is 3.09. The molecule has 4 nitrogen and oxygen atoms in total. The van der Waals surface area contributed by atoms with Crippen LogP contribution >= 0.6 is 15.9 Å². The van der Waals surface area contributed by atoms with Crippen LogP contribution in [0.1, 0.15) is 30.5 Å². The highest BCUT2D eigenvalue weighted by Gasteiger charge is 2.22. The Morgan fingerprint density at radius 2 is 2.00 bits per heavy atom. The highest BCUT2D eigenvalue weighted by Crippen LogP contribution is 2.39. The number of nitrogens with one attached hydrogen (secondary N) is 1. The maximum absolute atomic E-state index is 5.69. The lowest BCUT2D eigenvalue weighted by molar-refractivity contribution is 0.171. The van der Waals surface area contributed by atoms with Crippen molar-refractivity contribution in [3.05, 3.63) is 46.3 Å². The number of fused-ring (bicyclic) bond motifs is 1. The highest BCUT2D eigenvalue weighted by molar-refractivity contribution is 9.10. The number of hydrogen-bond donors (Lipinski definition) is 1. The summed E-state index contributed by atoms with van der Waals surface area (Å²) in [6.45, 7) is 4.26. The Kier molecular flexibility index (Phi) is 4.51. The summed E-state index contributed by atoms with van der Waals surface area (Å²) in [6, 6.07) is 6.06. The van der Waals surface area contributed by atoms with Gasteiger partial charge in [-0.05, 0) is 36.7 Å². The van der Waals surface area contributed by atoms with E-state index in [1.54, 1.807) is 12.5 Å². The summed E-state index contributed by atoms with van der Waals surface area (Å²) in [5.74, 6) is 1.59. The van der Waals surface area contributed by atoms with Crippen LogP contribution in [0.5, 0.6) is 11.5 Å². The molecule has 0 spiro atoms. The van der Waals surface area contributed by atoms with Crippen LogP contribution in [0.4, 0.5) is 0 Å². The third-order valence-corrected chi connectivity index (χ3v) is 4.13. The molecule has 0 saturated heterocycles. The predicted octanol–water partition coefficient (Wildman–Crippen LogP) is 3.90. The summed E-state index contributed by atoms with van der Waals surface area (Å²) in [4.78, 5) is 0. The van der Waals surface area contributed by atoms with Crippen molar-refractivity contribution in [3.8, 4) is 11.5 Å². The number of ether oxygens (including phenoxy) is 2. The molecule has 0 fully saturated rings. The van der Waals surface area contributed by atoms with Gasteiger partial charge in [0.2, 0.25) is 0 Å². The summed E-state index contributed by atoms with van der Waals surface area (Å²) in [7, 11) is 0. The molecule has 1 aromatic carbocycles. The average Bonchev–Trinajstić information content (AvgIpc) is 3.02. The van der Waals surface area contributed by atoms with E-state index in [2.05, 4.69) is 28.2 Å². The molecule has 112 valence electrons. The maximum atomic E-state index is 5.69. The minimum absolute atomic E-state index is 0.0638. The molecule has 2 heterocycles. The van der Waals surface area contributed by atoms with Crippen LogP contribution in [0.2, 0.25) is 0 Å². The van der Waals surface area contributed by atoms with E-state index in [0.29, 0.717) is 13.2 Å². The van der Waals surface area contributed by atoms with E-state index < -0.39 is 0 Å². The van der Waals surface area contributed by atoms with Gasteiger partial charge in [0.1, 0.15) is 13.2 Å². The zero-order valence-electron chi connectivity index (χ0n) is 11.9. The van der Waals surface area contributed by atoms with Crippen LogP contribution in [-0.4, -0.2) is 19.8 Å². The van der Waals surface area contributed by atoms with Gasteiger partial charge in [-0.25, -0.2) is 0 Å². The number of benzene rings is 1. The third-order valence-electron chi connectivity index (χ3n) is 3.45. The quantitative estimate of drug-likeness (QED) is 0.886. The standard InChI is InChI=1S/C16H18BrNO3/c1-2-4-18-16(11-3-5-19-10-11)12-8-14-15(9-13(12)17)21-7-6-20-14/h3,5,8-10,16,18H,2,4,6-7H2,1H3. The second-order valence-corrected chi connectivity index (χ2v) is 5.82. The Hall–Kier alpha value is -1.46. The summed E-state index contributed by atoms with van der Waals surface area (Å²) in [5, 5.41) is 3.55. The first-order valence-electron chi connectivity index (χ1n) is 7.14. The van der Waals surface area contributed by atoms with Gasteiger partial charge in [0.05, 0.1) is 18.6 Å². The molecule has 1 N–H and O–H groups in total. The van der Waals surface area contributed by atoms with Crippen LogP contribution in [0.3, 0.4) is 0 Å². The van der Waals surface area contributed by atoms with Crippen molar-refractivity contribution in [2.75, 3.05) is 19.8 Å². The molecule has 0 saturated carbocycles. The van der Waals surface area contributed by atoms with Crippen LogP contribution in [0.15, 0.2) is 39.6 Å². The fourth-order valence-electron chi connectivity index (χ4n) is 2.44. The molecule has 0 bridgehead atoms. The zero-order valence-corrected chi connectivity index (χ0v) is 13.5. The number of furan rings is 1. The molecular formula is C16H18BrNO3. The number of rotatable bonds is 5. The Morgan fingerprint density at radius 3 is 2.67 bits per heavy atom. The zero-order chi connectivity index (χ0) is 14.7. The van der Waals surface area contributed by atoms with Crippen LogP contribution in [0.25, 0.3) is 0 Å². The van der Waals surface area contributed by atoms with Crippen molar-refractivity contribution in [1.82, 2.24) is 5.32 Å². The molecule has 2 aromatic rings. The van der Waals surface area contributed by atoms with Crippen molar-refractivity contribution >= 4 is 15.9 Å². The number of hydrogen-bond acceptors (Lipinski definition) is 4. The topological polar surface area (TPSA) is 43.6 Å². The first kappa shape index (κ1) is 14.5. The van der Waals surface area contributed by atoms with Gasteiger partial charge in [0.25, 0.3) is 0 Å². The minimum atomic E-state index is 0.0638. The Balaban J connectivity index is 1.98. The van der Waals surface area contributed by atoms with Gasteiger partial charge in [-0.1, -0.05) is 22.9 Å². The minimum Gasteiger partial charge on any atom is -0.486 e. The molecule has 1 unspecified atom stereocenters. The largest absolute Gasteiger partial charge is 0.486 e. The number of halogens is 1. The molecule has 5 heteroatoms. The molecule has 1 aromatic heterocycles. The molecule has 1 aliphatic heterocycles. The summed E-state index contributed by atoms with van der Waals surface area (Å²) in [5.41, 5.74) is 2.22. The van der Waals surface area contributed by atoms with Crippen LogP contribution in [-0.2, 0) is 0 Å². The lowest BCUT2D eigenvalue weighted by atomic mass is 10.0. The van der Waals surface area contributed by atoms with Crippen LogP contribution in [0, 0.1) is 0 Å². The second-order valence-electron chi connectivity index (χ2n) is 4.96. The van der Waals surface area contributed by atoms with Gasteiger partial charge >= 0.3 is 0 Å². The van der Waals surface area contributed by atoms with E-state index in [-0.39, 0.29) is 6.04 Å². The SMILES string of the molecule is CCCNC(c1ccoc1)c1cc2c(cc1Br)OCCO2. The first-order valence-corrected chi connectivity index (χ1v) is 7.93. The van der Waals surface area contributed by atoms with E-state index in [1.807, 2.05) is 18.2 Å². The van der Waals surface area contributed by atoms with E-state index in [1.165, 1.54) is 0 Å². The van der Waals surface area contributed by atoms with Crippen molar-refractivity contribution in [1.29, 1.82) is 0 Å². The summed E-state index contributed by atoms with van der Waals surface area (Å²) < 4.78 is 17.6. The molecule has 0 radical (unpaired) electrons. The van der Waals surface area contributed by atoms with Gasteiger partial charge in [0, 0.05) is 10.0 Å². The molecular weight excluding hydrogens is 334 g/mol. The van der Waals surface area contributed by atoms with Crippen LogP contribution < -0.4 is 14.8 Å². The van der Waals surface area contributed by atoms with E-state index in [0.717, 1.165) is 40.1 Å². The molecule has 0 amide bonds. The van der Waals surface area contributed by atoms with Gasteiger partial charge in [-0.2, -0.15) is 0 Å². The van der Waals surface area contributed by atoms with E-state index in [4.69, 9.17) is 13.9 Å². The molecule has 21 heavy (non-hydrogen) atoms. The lowest BCUT2D eigenvalue weighted by Crippen LogP contribution is -2.24. The van der Waals surface area contributed by atoms with E-state index >= 15 is 0 Å². The maximum Gasteiger partial charge on any atom is 0.162 e. The molecule has 3 rings (SSSR count). The van der Waals surface area contributed by atoms with Crippen molar-refractivity contribution < 1.29 is 13.9 Å². The van der Waals surface area contributed by atoms with Crippen molar-refractivity contribution in [3.63, 3.8) is 0 Å². The fraction of sp³-hybridized carbons (Fsp3) is 0.375. The van der Waals surface area contributed by atoms with Gasteiger partial charge in [-0.3, -0.25) is 0 Å². The highest BCUT2D eigenvalue weighted by atomic mass is 79.9. The van der Waals surface area contributed by atoms with Crippen molar-refractivity contribution in [2.45, 2.75) is 19.4 Å². The molecule has 0 aliphatic carbocycles. The molecule has 1 aliphatic rings. The average molecular weight is 352 g/mol. The predicted molar refractivity (Wildman–Crippen MR) is 84.0 cm³/mol. The van der Waals surface area contributed by atoms with Gasteiger partial charge in [-0.15, -0.1) is 0 Å². The smallest absolute Gasteiger partial charge is 0.162 e. The lowest BCUT2D eigenvalue weighted by Gasteiger charge is -2.24. The van der Waals surface area contributed by atoms with Crippen molar-refractivity contribution in [2.24, 2.45) is 0 Å². The van der Waals surface area contributed by atoms with Gasteiger partial charge in [0.15, 0.2) is 11.5 Å². The second kappa shape index (κ2) is 6.54. The first-order chi connectivity index (χ1) is 10.3. The summed E-state index contributed by atoms with van der Waals surface area (Å²) in [6.07, 6.45) is 4.54. The van der Waals surface area contributed by atoms with E-state index in [9.17, 15) is 0 Å². The Bertz CT molecular complexity index is 598. The van der Waals surface area contributed by atoms with Gasteiger partial charge < -0.3 is 19.2 Å². The molecule has 1 atom stereocenters. The monoisotopic (exact) mass is 351 g/mol. The Labute approximate surface area is 132 Å². The normalized spacial score (nSPS) is 15.0.